The first-order chi connectivity index (χ1) is 9.10. The molecule has 0 aliphatic carbocycles. The molecule has 2 heterocycles. The molecule has 1 N–H and O–H groups in total. The van der Waals surface area contributed by atoms with Crippen LogP contribution in [-0.4, -0.2) is 35.0 Å². The summed E-state index contributed by atoms with van der Waals surface area (Å²) in [6, 6.07) is 3.54. The van der Waals surface area contributed by atoms with Gasteiger partial charge in [-0.1, -0.05) is 6.92 Å². The smallest absolute Gasteiger partial charge is 0.303 e. The second-order valence-electron chi connectivity index (χ2n) is 4.95. The molecule has 1 saturated heterocycles. The number of rotatable bonds is 4. The maximum atomic E-state index is 12.2. The fraction of sp³-hybridized carbons (Fsp3) is 0.571. The van der Waals surface area contributed by atoms with Crippen molar-refractivity contribution in [1.29, 1.82) is 0 Å². The van der Waals surface area contributed by atoms with E-state index in [4.69, 9.17) is 9.52 Å². The van der Waals surface area contributed by atoms with E-state index in [-0.39, 0.29) is 18.2 Å². The van der Waals surface area contributed by atoms with Gasteiger partial charge < -0.3 is 14.4 Å². The van der Waals surface area contributed by atoms with Crippen molar-refractivity contribution in [1.82, 2.24) is 4.90 Å². The SMILES string of the molecule is CCc1ccc(C(=O)N2CCC(CC(=O)O)CC2)o1. The average Bonchev–Trinajstić information content (AvgIpc) is 2.87. The zero-order valence-corrected chi connectivity index (χ0v) is 11.1. The van der Waals surface area contributed by atoms with Crippen LogP contribution >= 0.6 is 0 Å². The number of amides is 1. The van der Waals surface area contributed by atoms with Crippen molar-refractivity contribution < 1.29 is 19.1 Å². The van der Waals surface area contributed by atoms with Crippen LogP contribution in [0, 0.1) is 5.92 Å². The van der Waals surface area contributed by atoms with Gasteiger partial charge in [0.15, 0.2) is 5.76 Å². The van der Waals surface area contributed by atoms with E-state index in [0.717, 1.165) is 25.0 Å². The van der Waals surface area contributed by atoms with Crippen molar-refractivity contribution >= 4 is 11.9 Å². The lowest BCUT2D eigenvalue weighted by molar-refractivity contribution is -0.138. The number of likely N-dealkylation sites (tertiary alicyclic amines) is 1. The van der Waals surface area contributed by atoms with E-state index in [2.05, 4.69) is 0 Å². The summed E-state index contributed by atoms with van der Waals surface area (Å²) in [4.78, 5) is 24.6. The molecule has 1 amide bonds. The fourth-order valence-electron chi connectivity index (χ4n) is 2.43. The van der Waals surface area contributed by atoms with Gasteiger partial charge in [-0.2, -0.15) is 0 Å². The Morgan fingerprint density at radius 3 is 2.58 bits per heavy atom. The molecule has 2 rings (SSSR count). The molecule has 0 spiro atoms. The number of aliphatic carboxylic acids is 1. The topological polar surface area (TPSA) is 70.8 Å². The minimum atomic E-state index is -0.761. The summed E-state index contributed by atoms with van der Waals surface area (Å²) in [6.07, 6.45) is 2.47. The molecular formula is C14H19NO4. The summed E-state index contributed by atoms with van der Waals surface area (Å²) in [5, 5.41) is 8.75. The summed E-state index contributed by atoms with van der Waals surface area (Å²) < 4.78 is 5.45. The van der Waals surface area contributed by atoms with Crippen LogP contribution in [-0.2, 0) is 11.2 Å². The van der Waals surface area contributed by atoms with Gasteiger partial charge in [0.2, 0.25) is 0 Å². The normalized spacial score (nSPS) is 16.6. The fourth-order valence-corrected chi connectivity index (χ4v) is 2.43. The number of nitrogens with zero attached hydrogens (tertiary/aromatic N) is 1. The molecule has 0 radical (unpaired) electrons. The molecule has 1 aromatic rings. The number of carbonyl (C=O) groups is 2. The maximum Gasteiger partial charge on any atom is 0.303 e. The Kier molecular flexibility index (Phi) is 4.24. The highest BCUT2D eigenvalue weighted by Crippen LogP contribution is 2.22. The lowest BCUT2D eigenvalue weighted by atomic mass is 9.93. The first-order valence-electron chi connectivity index (χ1n) is 6.70. The Hall–Kier alpha value is -1.78. The third-order valence-electron chi connectivity index (χ3n) is 3.59. The van der Waals surface area contributed by atoms with E-state index >= 15 is 0 Å². The predicted molar refractivity (Wildman–Crippen MR) is 69.0 cm³/mol. The predicted octanol–water partition coefficient (Wildman–Crippen LogP) is 2.17. The summed E-state index contributed by atoms with van der Waals surface area (Å²) in [7, 11) is 0. The van der Waals surface area contributed by atoms with Gasteiger partial charge in [-0.25, -0.2) is 0 Å². The number of aryl methyl sites for hydroxylation is 1. The molecule has 0 saturated carbocycles. The van der Waals surface area contributed by atoms with Gasteiger partial charge in [0.1, 0.15) is 5.76 Å². The van der Waals surface area contributed by atoms with Gasteiger partial charge in [0, 0.05) is 25.9 Å². The standard InChI is InChI=1S/C14H19NO4/c1-2-11-3-4-12(19-11)14(18)15-7-5-10(6-8-15)9-13(16)17/h3-4,10H,2,5-9H2,1H3,(H,16,17). The number of furan rings is 1. The van der Waals surface area contributed by atoms with Gasteiger partial charge in [-0.05, 0) is 30.9 Å². The monoisotopic (exact) mass is 265 g/mol. The molecule has 104 valence electrons. The summed E-state index contributed by atoms with van der Waals surface area (Å²) in [6.45, 7) is 3.20. The molecule has 0 bridgehead atoms. The number of piperidine rings is 1. The lowest BCUT2D eigenvalue weighted by Gasteiger charge is -2.30. The first-order valence-corrected chi connectivity index (χ1v) is 6.70. The highest BCUT2D eigenvalue weighted by molar-refractivity contribution is 5.91. The Morgan fingerprint density at radius 1 is 1.37 bits per heavy atom. The van der Waals surface area contributed by atoms with Gasteiger partial charge in [-0.3, -0.25) is 9.59 Å². The van der Waals surface area contributed by atoms with Crippen molar-refractivity contribution in [3.8, 4) is 0 Å². The summed E-state index contributed by atoms with van der Waals surface area (Å²) >= 11 is 0. The molecule has 5 nitrogen and oxygen atoms in total. The van der Waals surface area contributed by atoms with Crippen LogP contribution in [0.1, 0.15) is 42.5 Å². The number of carbonyl (C=O) groups excluding carboxylic acids is 1. The Labute approximate surface area is 112 Å². The van der Waals surface area contributed by atoms with Gasteiger partial charge in [0.05, 0.1) is 0 Å². The largest absolute Gasteiger partial charge is 0.481 e. The molecule has 0 atom stereocenters. The molecular weight excluding hydrogens is 246 g/mol. The molecule has 0 unspecified atom stereocenters. The third kappa shape index (κ3) is 3.36. The molecule has 19 heavy (non-hydrogen) atoms. The third-order valence-corrected chi connectivity index (χ3v) is 3.59. The molecule has 1 aliphatic heterocycles. The van der Waals surface area contributed by atoms with Crippen LogP contribution < -0.4 is 0 Å². The highest BCUT2D eigenvalue weighted by Gasteiger charge is 2.26. The van der Waals surface area contributed by atoms with Crippen molar-refractivity contribution in [2.45, 2.75) is 32.6 Å². The summed E-state index contributed by atoms with van der Waals surface area (Å²) in [5.41, 5.74) is 0. The van der Waals surface area contributed by atoms with Crippen LogP contribution in [0.4, 0.5) is 0 Å². The van der Waals surface area contributed by atoms with Crippen LogP contribution in [0.25, 0.3) is 0 Å². The maximum absolute atomic E-state index is 12.2. The summed E-state index contributed by atoms with van der Waals surface area (Å²) in [5.74, 6) is 0.527. The second-order valence-corrected chi connectivity index (χ2v) is 4.95. The Morgan fingerprint density at radius 2 is 2.05 bits per heavy atom. The van der Waals surface area contributed by atoms with E-state index in [1.165, 1.54) is 0 Å². The minimum Gasteiger partial charge on any atom is -0.481 e. The van der Waals surface area contributed by atoms with Crippen LogP contribution in [0.15, 0.2) is 16.5 Å². The molecule has 1 fully saturated rings. The van der Waals surface area contributed by atoms with E-state index < -0.39 is 5.97 Å². The van der Waals surface area contributed by atoms with E-state index in [1.807, 2.05) is 13.0 Å². The van der Waals surface area contributed by atoms with Crippen LogP contribution in [0.2, 0.25) is 0 Å². The number of hydrogen-bond acceptors (Lipinski definition) is 3. The average molecular weight is 265 g/mol. The second kappa shape index (κ2) is 5.91. The quantitative estimate of drug-likeness (QED) is 0.905. The van der Waals surface area contributed by atoms with E-state index in [1.54, 1.807) is 11.0 Å². The van der Waals surface area contributed by atoms with Gasteiger partial charge in [-0.15, -0.1) is 0 Å². The van der Waals surface area contributed by atoms with E-state index in [9.17, 15) is 9.59 Å². The van der Waals surface area contributed by atoms with Crippen molar-refractivity contribution in [3.63, 3.8) is 0 Å². The van der Waals surface area contributed by atoms with Gasteiger partial charge in [0.25, 0.3) is 5.91 Å². The molecule has 1 aliphatic rings. The highest BCUT2D eigenvalue weighted by atomic mass is 16.4. The zero-order chi connectivity index (χ0) is 13.8. The Balaban J connectivity index is 1.90. The number of hydrogen-bond donors (Lipinski definition) is 1. The zero-order valence-electron chi connectivity index (χ0n) is 11.1. The first kappa shape index (κ1) is 13.6. The molecule has 0 aromatic carbocycles. The minimum absolute atomic E-state index is 0.0894. The van der Waals surface area contributed by atoms with Crippen LogP contribution in [0.5, 0.6) is 0 Å². The molecule has 1 aromatic heterocycles. The van der Waals surface area contributed by atoms with Crippen molar-refractivity contribution in [2.24, 2.45) is 5.92 Å². The Bertz CT molecular complexity index is 458. The van der Waals surface area contributed by atoms with Crippen LogP contribution in [0.3, 0.4) is 0 Å². The number of carboxylic acids is 1. The van der Waals surface area contributed by atoms with Gasteiger partial charge >= 0.3 is 5.97 Å². The lowest BCUT2D eigenvalue weighted by Crippen LogP contribution is -2.38. The molecule has 5 heteroatoms. The number of carboxylic acid groups (broad SMARTS) is 1. The van der Waals surface area contributed by atoms with Crippen molar-refractivity contribution in [3.05, 3.63) is 23.7 Å². The van der Waals surface area contributed by atoms with E-state index in [0.29, 0.717) is 18.8 Å². The van der Waals surface area contributed by atoms with Crippen molar-refractivity contribution in [2.75, 3.05) is 13.1 Å².